The number of likely N-dealkylation sites (N-methyl/N-ethyl adjacent to an activating group) is 1. The van der Waals surface area contributed by atoms with Crippen LogP contribution in [-0.2, 0) is 34.3 Å². The summed E-state index contributed by atoms with van der Waals surface area (Å²) in [6.45, 7) is 16.8. The number of phosphoric ester groups is 1. The number of rotatable bonds is 23. The van der Waals surface area contributed by atoms with Gasteiger partial charge in [-0.3, -0.25) is 14.2 Å². The zero-order valence-electron chi connectivity index (χ0n) is 57.2. The van der Waals surface area contributed by atoms with Crippen LogP contribution >= 0.6 is 26.1 Å². The fourth-order valence-electron chi connectivity index (χ4n) is 8.74. The van der Waals surface area contributed by atoms with Crippen LogP contribution in [0.5, 0.6) is 0 Å². The summed E-state index contributed by atoms with van der Waals surface area (Å²) in [5, 5.41) is 34.7. The standard InChI is InChI=1S/C26H22O2.C16H34NO6P.C13H12O.C13H10O.2C4H10.BH3P.BH2P/c27-25(21-13-5-1-6-14-21,22-15-7-2-8-16-22)26(28,23-17-9-3-10-18-23)24-19-11-4-12-20-24;1-8-14(2)13-16(3,4)15(18)21-11-12-23-24(19,20)22-10-9-17(5,6)7;2*14-13(11-7-3-1-4-8-11)12-9-5-2-6-10-12;2*1-3-4-2;2*1-2/h1-20,27-28H;14H,8-13H2,1-7H3;1-10,13-14H;1-10H;2*3-4H2,1-2H3;1H,2H2;2H2/i;;;;;;1T;. The van der Waals surface area contributed by atoms with Crippen molar-refractivity contribution in [3.8, 4) is 0 Å². The van der Waals surface area contributed by atoms with E-state index >= 15 is 0 Å². The van der Waals surface area contributed by atoms with Crippen molar-refractivity contribution in [2.75, 3.05) is 47.5 Å². The first kappa shape index (κ1) is 81.9. The van der Waals surface area contributed by atoms with E-state index in [9.17, 15) is 34.4 Å². The van der Waals surface area contributed by atoms with Crippen LogP contribution in [-0.4, -0.2) is 95.5 Å². The van der Waals surface area contributed by atoms with Crippen molar-refractivity contribution in [3.05, 3.63) is 287 Å². The lowest BCUT2D eigenvalue weighted by Crippen LogP contribution is -2.51. The third-order valence-electron chi connectivity index (χ3n) is 14.3. The molecular weight excluding hydrogens is 1200 g/mol. The summed E-state index contributed by atoms with van der Waals surface area (Å²) >= 11 is 0. The van der Waals surface area contributed by atoms with Crippen LogP contribution in [0.3, 0.4) is 0 Å². The van der Waals surface area contributed by atoms with E-state index in [4.69, 9.17) is 15.1 Å². The van der Waals surface area contributed by atoms with Gasteiger partial charge in [-0.25, -0.2) is 0 Å². The number of hydrogen-bond donors (Lipinski definition) is 3. The van der Waals surface area contributed by atoms with Crippen molar-refractivity contribution in [3.63, 3.8) is 0 Å². The maximum absolute atomic E-state index is 12.3. The molecule has 0 fully saturated rings. The first-order valence-electron chi connectivity index (χ1n) is 32.0. The van der Waals surface area contributed by atoms with Gasteiger partial charge >= 0.3 is 5.97 Å². The number of hydrogen-bond acceptors (Lipinski definition) is 10. The number of carbonyl (C=O) groups excluding carboxylic acids is 2. The molecule has 3 N–H and O–H groups in total. The molecule has 4 atom stereocenters. The molecule has 0 saturated heterocycles. The minimum absolute atomic E-state index is 0.0476. The number of phosphoric acid groups is 1. The number of esters is 1. The molecule has 8 aromatic rings. The van der Waals surface area contributed by atoms with Crippen LogP contribution in [0.1, 0.15) is 149 Å². The van der Waals surface area contributed by atoms with Crippen molar-refractivity contribution in [1.29, 1.82) is 1.34 Å². The Labute approximate surface area is 561 Å². The average Bonchev–Trinajstić information content (AvgIpc) is 0.722. The zero-order valence-corrected chi connectivity index (χ0v) is 59.4. The molecule has 0 amide bonds. The number of unbranched alkanes of at least 4 members (excludes halogenated alkanes) is 2. The summed E-state index contributed by atoms with van der Waals surface area (Å²) in [5.74, 6) is 0.143. The zero-order chi connectivity index (χ0) is 69.6. The fraction of sp³-hybridized carbons (Fsp3) is 0.342. The van der Waals surface area contributed by atoms with E-state index in [1.807, 2.05) is 287 Å². The largest absolute Gasteiger partial charge is 0.756 e. The van der Waals surface area contributed by atoms with E-state index in [1.165, 1.54) is 33.2 Å². The Balaban J connectivity index is 0.000000600. The molecule has 0 aliphatic heterocycles. The number of aliphatic hydroxyl groups excluding tert-OH is 1. The second-order valence-electron chi connectivity index (χ2n) is 23.0. The van der Waals surface area contributed by atoms with Crippen molar-refractivity contribution >= 4 is 52.9 Å². The van der Waals surface area contributed by atoms with Crippen molar-refractivity contribution < 1.29 is 52.6 Å². The van der Waals surface area contributed by atoms with Crippen molar-refractivity contribution in [2.24, 2.45) is 11.3 Å². The van der Waals surface area contributed by atoms with E-state index < -0.39 is 30.5 Å². The van der Waals surface area contributed by atoms with E-state index in [0.717, 1.165) is 35.1 Å². The van der Waals surface area contributed by atoms with Crippen LogP contribution < -0.4 is 4.89 Å². The minimum Gasteiger partial charge on any atom is -0.756 e. The van der Waals surface area contributed by atoms with Gasteiger partial charge in [0.15, 0.2) is 17.0 Å². The average molecular weight is 1310 g/mol. The van der Waals surface area contributed by atoms with Gasteiger partial charge in [0.05, 0.1) is 40.7 Å². The third kappa shape index (κ3) is 30.3. The van der Waals surface area contributed by atoms with Crippen LogP contribution in [0.25, 0.3) is 0 Å². The highest BCUT2D eigenvalue weighted by Gasteiger charge is 2.54. The molecule has 11 nitrogen and oxygen atoms in total. The molecule has 8 aromatic carbocycles. The number of nitrogens with zero attached hydrogens (tertiary/aromatic N) is 1. The molecule has 92 heavy (non-hydrogen) atoms. The van der Waals surface area contributed by atoms with Gasteiger partial charge in [-0.2, -0.15) is 18.2 Å². The molecule has 4 unspecified atom stereocenters. The lowest BCUT2D eigenvalue weighted by Gasteiger charge is -2.45. The molecule has 3 radical (unpaired) electrons. The maximum Gasteiger partial charge on any atom is 0.311 e. The second-order valence-corrected chi connectivity index (χ2v) is 24.4. The number of carbonyl (C=O) groups is 2. The van der Waals surface area contributed by atoms with E-state index in [1.54, 1.807) is 0 Å². The van der Waals surface area contributed by atoms with Gasteiger partial charge in [0, 0.05) is 11.1 Å². The molecule has 16 heteroatoms. The molecule has 0 bridgehead atoms. The Kier molecular flexibility index (Phi) is 41.7. The molecule has 0 aliphatic rings. The topological polar surface area (TPSA) is 163 Å². The molecule has 0 heterocycles. The Morgan fingerprint density at radius 2 is 0.815 bits per heavy atom. The summed E-state index contributed by atoms with van der Waals surface area (Å²) in [6.07, 6.45) is 6.47. The van der Waals surface area contributed by atoms with Crippen LogP contribution in [0.2, 0.25) is 0 Å². The Morgan fingerprint density at radius 1 is 0.543 bits per heavy atom. The van der Waals surface area contributed by atoms with Crippen molar-refractivity contribution in [1.82, 2.24) is 0 Å². The lowest BCUT2D eigenvalue weighted by atomic mass is 9.66. The number of aliphatic hydroxyl groups is 3. The monoisotopic (exact) mass is 1310 g/mol. The quantitative estimate of drug-likeness (QED) is 0.0140. The van der Waals surface area contributed by atoms with E-state index in [0.29, 0.717) is 39.2 Å². The maximum atomic E-state index is 12.3. The number of quaternary nitrogens is 1. The first-order valence-corrected chi connectivity index (χ1v) is 34.2. The van der Waals surface area contributed by atoms with Crippen LogP contribution in [0.15, 0.2) is 243 Å². The van der Waals surface area contributed by atoms with Gasteiger partial charge in [0.1, 0.15) is 33.4 Å². The van der Waals surface area contributed by atoms with Crippen molar-refractivity contribution in [2.45, 2.75) is 111 Å². The normalized spacial score (nSPS) is 11.9. The Bertz CT molecular complexity index is 2930. The van der Waals surface area contributed by atoms with Gasteiger partial charge in [0.2, 0.25) is 0 Å². The summed E-state index contributed by atoms with van der Waals surface area (Å²) in [5.41, 5.74) is 1.82. The number of benzene rings is 8. The van der Waals surface area contributed by atoms with Gasteiger partial charge < -0.3 is 38.5 Å². The number of ether oxygens (including phenoxy) is 1. The summed E-state index contributed by atoms with van der Waals surface area (Å²) in [6, 6.07) is 75.4. The predicted molar refractivity (Wildman–Crippen MR) is 390 cm³/mol. The highest BCUT2D eigenvalue weighted by Crippen LogP contribution is 2.49. The van der Waals surface area contributed by atoms with E-state index in [-0.39, 0.29) is 31.6 Å². The van der Waals surface area contributed by atoms with Gasteiger partial charge in [0.25, 0.3) is 7.82 Å². The van der Waals surface area contributed by atoms with Crippen LogP contribution in [0.4, 0.5) is 0 Å². The van der Waals surface area contributed by atoms with Gasteiger partial charge in [-0.05, 0) is 60.9 Å². The SMILES string of the molecule is CCC(C)CC(C)(C)C(=O)OCCOP(=O)([O-])OCC[N+](C)(C)C.CCCC.CCCC.O=C(c1ccccc1)c1ccccc1.OC(c1ccccc1)(c1ccccc1)C(O)(c1ccccc1)c1ccccc1.OC(c1ccccc1)c1ccccc1.[3H][B]P.[B]P. The molecule has 493 valence electrons. The molecule has 0 spiro atoms. The fourth-order valence-corrected chi connectivity index (χ4v) is 9.41. The van der Waals surface area contributed by atoms with E-state index in [2.05, 4.69) is 58.2 Å². The van der Waals surface area contributed by atoms with Crippen LogP contribution in [0, 0.1) is 11.3 Å². The highest BCUT2D eigenvalue weighted by molar-refractivity contribution is 7.50. The third-order valence-corrected chi connectivity index (χ3v) is 15.3. The first-order chi connectivity index (χ1) is 44.5. The summed E-state index contributed by atoms with van der Waals surface area (Å²) in [4.78, 5) is 35.5. The second kappa shape index (κ2) is 46.8. The summed E-state index contributed by atoms with van der Waals surface area (Å²) < 4.78 is 32.8. The minimum atomic E-state index is -4.36. The molecule has 8 rings (SSSR count). The Hall–Kier alpha value is -6.16. The smallest absolute Gasteiger partial charge is 0.311 e. The molecule has 0 saturated carbocycles. The summed E-state index contributed by atoms with van der Waals surface area (Å²) in [7, 11) is 11.1. The molecular formula is C76H103B2NO10P3. The number of ketones is 1. The lowest BCUT2D eigenvalue weighted by molar-refractivity contribution is -0.870. The molecule has 0 aromatic heterocycles. The molecule has 0 aliphatic carbocycles. The predicted octanol–water partition coefficient (Wildman–Crippen LogP) is 16.0. The van der Waals surface area contributed by atoms with Gasteiger partial charge in [-0.1, -0.05) is 316 Å². The van der Waals surface area contributed by atoms with Gasteiger partial charge in [-0.15, -0.1) is 0 Å². The Morgan fingerprint density at radius 3 is 1.09 bits per heavy atom. The highest BCUT2D eigenvalue weighted by atomic mass is 31.2.